The number of nitrogens with one attached hydrogen (secondary N) is 3. The van der Waals surface area contributed by atoms with Crippen molar-refractivity contribution in [3.8, 4) is 5.75 Å². The highest BCUT2D eigenvalue weighted by Gasteiger charge is 2.03. The zero-order valence-corrected chi connectivity index (χ0v) is 17.8. The van der Waals surface area contributed by atoms with Crippen LogP contribution in [0.25, 0.3) is 0 Å². The third-order valence-electron chi connectivity index (χ3n) is 3.40. The van der Waals surface area contributed by atoms with Gasteiger partial charge in [-0.15, -0.1) is 24.0 Å². The van der Waals surface area contributed by atoms with Gasteiger partial charge in [-0.25, -0.2) is 0 Å². The van der Waals surface area contributed by atoms with Gasteiger partial charge in [-0.2, -0.15) is 0 Å². The number of methoxy groups -OCH3 is 1. The molecule has 0 heterocycles. The van der Waals surface area contributed by atoms with E-state index >= 15 is 0 Å². The van der Waals surface area contributed by atoms with Crippen LogP contribution in [-0.2, 0) is 11.2 Å². The Balaban J connectivity index is 0.00000576. The molecule has 1 aromatic rings. The monoisotopic (exact) mass is 462 g/mol. The molecule has 0 aromatic heterocycles. The zero-order valence-electron chi connectivity index (χ0n) is 15.4. The first-order valence-corrected chi connectivity index (χ1v) is 8.62. The number of benzene rings is 1. The van der Waals surface area contributed by atoms with Crippen LogP contribution < -0.4 is 20.7 Å². The predicted molar refractivity (Wildman–Crippen MR) is 114 cm³/mol. The van der Waals surface area contributed by atoms with Crippen LogP contribution in [0.4, 0.5) is 0 Å². The smallest absolute Gasteiger partial charge is 0.221 e. The highest BCUT2D eigenvalue weighted by atomic mass is 127. The van der Waals surface area contributed by atoms with E-state index in [1.807, 2.05) is 32.0 Å². The molecule has 25 heavy (non-hydrogen) atoms. The third-order valence-corrected chi connectivity index (χ3v) is 3.40. The van der Waals surface area contributed by atoms with E-state index in [9.17, 15) is 4.79 Å². The summed E-state index contributed by atoms with van der Waals surface area (Å²) in [6.45, 7) is 6.77. The summed E-state index contributed by atoms with van der Waals surface area (Å²) in [5, 5.41) is 9.33. The maximum absolute atomic E-state index is 11.6. The van der Waals surface area contributed by atoms with Gasteiger partial charge in [0, 0.05) is 26.1 Å². The van der Waals surface area contributed by atoms with E-state index in [-0.39, 0.29) is 29.9 Å². The van der Waals surface area contributed by atoms with Gasteiger partial charge in [-0.1, -0.05) is 25.1 Å². The van der Waals surface area contributed by atoms with Crippen molar-refractivity contribution in [1.29, 1.82) is 0 Å². The van der Waals surface area contributed by atoms with Gasteiger partial charge in [-0.3, -0.25) is 9.79 Å². The molecular formula is C18H31IN4O2. The van der Waals surface area contributed by atoms with Crippen LogP contribution in [0.5, 0.6) is 5.75 Å². The molecule has 6 nitrogen and oxygen atoms in total. The summed E-state index contributed by atoms with van der Waals surface area (Å²) in [5.74, 6) is 1.68. The van der Waals surface area contributed by atoms with Crippen LogP contribution in [0.3, 0.4) is 0 Å². The Morgan fingerprint density at radius 1 is 1.12 bits per heavy atom. The number of rotatable bonds is 10. The molecule has 0 saturated heterocycles. The standard InChI is InChI=1S/C18H30N4O2.HI/c1-4-12-20-17(23)11-14-22-18(19-5-2)21-13-10-15-8-6-7-9-16(15)24-3;/h6-9H,4-5,10-14H2,1-3H3,(H,20,23)(H2,19,21,22);1H. The quantitative estimate of drug-likeness (QED) is 0.284. The molecule has 3 N–H and O–H groups in total. The molecule has 0 aliphatic rings. The van der Waals surface area contributed by atoms with E-state index in [2.05, 4.69) is 27.0 Å². The van der Waals surface area contributed by atoms with E-state index < -0.39 is 0 Å². The molecule has 1 rings (SSSR count). The van der Waals surface area contributed by atoms with E-state index in [0.29, 0.717) is 13.0 Å². The van der Waals surface area contributed by atoms with Crippen LogP contribution in [0.1, 0.15) is 32.3 Å². The number of carbonyl (C=O) groups is 1. The fourth-order valence-electron chi connectivity index (χ4n) is 2.19. The third kappa shape index (κ3) is 10.2. The molecule has 142 valence electrons. The van der Waals surface area contributed by atoms with Gasteiger partial charge in [0.2, 0.25) is 5.91 Å². The second kappa shape index (κ2) is 14.8. The lowest BCUT2D eigenvalue weighted by Gasteiger charge is -2.12. The molecule has 0 bridgehead atoms. The van der Waals surface area contributed by atoms with Crippen LogP contribution in [0.15, 0.2) is 29.3 Å². The number of hydrogen-bond acceptors (Lipinski definition) is 3. The molecule has 7 heteroatoms. The van der Waals surface area contributed by atoms with Crippen molar-refractivity contribution in [1.82, 2.24) is 16.0 Å². The molecule has 0 spiro atoms. The number of carbonyl (C=O) groups excluding carboxylic acids is 1. The summed E-state index contributed by atoms with van der Waals surface area (Å²) >= 11 is 0. The summed E-state index contributed by atoms with van der Waals surface area (Å²) in [4.78, 5) is 16.0. The van der Waals surface area contributed by atoms with Crippen LogP contribution in [0.2, 0.25) is 0 Å². The SMILES string of the molecule is CCCNC(=O)CCN=C(NCC)NCCc1ccccc1OC.I. The fraction of sp³-hybridized carbons (Fsp3) is 0.556. The maximum atomic E-state index is 11.6. The van der Waals surface area contributed by atoms with Crippen molar-refractivity contribution in [2.75, 3.05) is 33.3 Å². The molecule has 1 aromatic carbocycles. The van der Waals surface area contributed by atoms with Crippen molar-refractivity contribution in [2.45, 2.75) is 33.1 Å². The number of aliphatic imine (C=N–C) groups is 1. The lowest BCUT2D eigenvalue weighted by Crippen LogP contribution is -2.38. The average Bonchev–Trinajstić information content (AvgIpc) is 2.60. The molecule has 0 radical (unpaired) electrons. The Labute approximate surface area is 168 Å². The number of para-hydroxylation sites is 1. The van der Waals surface area contributed by atoms with Gasteiger partial charge in [0.15, 0.2) is 5.96 Å². The van der Waals surface area contributed by atoms with Crippen molar-refractivity contribution in [2.24, 2.45) is 4.99 Å². The predicted octanol–water partition coefficient (Wildman–Crippen LogP) is 2.33. The van der Waals surface area contributed by atoms with Gasteiger partial charge in [0.05, 0.1) is 13.7 Å². The first kappa shape index (κ1) is 23.5. The van der Waals surface area contributed by atoms with E-state index in [4.69, 9.17) is 4.74 Å². The highest BCUT2D eigenvalue weighted by Crippen LogP contribution is 2.17. The highest BCUT2D eigenvalue weighted by molar-refractivity contribution is 14.0. The Hall–Kier alpha value is -1.51. The lowest BCUT2D eigenvalue weighted by molar-refractivity contribution is -0.120. The Morgan fingerprint density at radius 2 is 1.88 bits per heavy atom. The Bertz CT molecular complexity index is 524. The van der Waals surface area contributed by atoms with Gasteiger partial charge in [0.25, 0.3) is 0 Å². The van der Waals surface area contributed by atoms with Crippen molar-refractivity contribution < 1.29 is 9.53 Å². The zero-order chi connectivity index (χ0) is 17.6. The molecule has 0 atom stereocenters. The van der Waals surface area contributed by atoms with Crippen LogP contribution >= 0.6 is 24.0 Å². The number of amides is 1. The van der Waals surface area contributed by atoms with Crippen molar-refractivity contribution in [3.05, 3.63) is 29.8 Å². The maximum Gasteiger partial charge on any atom is 0.221 e. The minimum Gasteiger partial charge on any atom is -0.496 e. The molecule has 0 aliphatic carbocycles. The average molecular weight is 462 g/mol. The van der Waals surface area contributed by atoms with E-state index in [1.165, 1.54) is 0 Å². The van der Waals surface area contributed by atoms with Gasteiger partial charge in [-0.05, 0) is 31.4 Å². The number of ether oxygens (including phenoxy) is 1. The van der Waals surface area contributed by atoms with Gasteiger partial charge >= 0.3 is 0 Å². The molecular weight excluding hydrogens is 431 g/mol. The van der Waals surface area contributed by atoms with E-state index in [0.717, 1.165) is 49.7 Å². The minimum absolute atomic E-state index is 0. The summed E-state index contributed by atoms with van der Waals surface area (Å²) in [6, 6.07) is 7.99. The van der Waals surface area contributed by atoms with Crippen LogP contribution in [0, 0.1) is 0 Å². The number of guanidine groups is 1. The normalized spacial score (nSPS) is 10.6. The Morgan fingerprint density at radius 3 is 2.56 bits per heavy atom. The minimum atomic E-state index is 0. The molecule has 0 fully saturated rings. The summed E-state index contributed by atoms with van der Waals surface area (Å²) < 4.78 is 5.36. The van der Waals surface area contributed by atoms with E-state index in [1.54, 1.807) is 7.11 Å². The summed E-state index contributed by atoms with van der Waals surface area (Å²) in [5.41, 5.74) is 1.15. The summed E-state index contributed by atoms with van der Waals surface area (Å²) in [7, 11) is 1.68. The molecule has 0 aliphatic heterocycles. The van der Waals surface area contributed by atoms with Gasteiger partial charge < -0.3 is 20.7 Å². The fourth-order valence-corrected chi connectivity index (χ4v) is 2.19. The molecule has 0 saturated carbocycles. The molecule has 0 unspecified atom stereocenters. The first-order chi connectivity index (χ1) is 11.7. The summed E-state index contributed by atoms with van der Waals surface area (Å²) in [6.07, 6.45) is 2.19. The first-order valence-electron chi connectivity index (χ1n) is 8.62. The van der Waals surface area contributed by atoms with Crippen molar-refractivity contribution >= 4 is 35.8 Å². The van der Waals surface area contributed by atoms with Crippen LogP contribution in [-0.4, -0.2) is 45.2 Å². The lowest BCUT2D eigenvalue weighted by atomic mass is 10.1. The number of nitrogens with zero attached hydrogens (tertiary/aromatic N) is 1. The number of hydrogen-bond donors (Lipinski definition) is 3. The largest absolute Gasteiger partial charge is 0.496 e. The Kier molecular flexibility index (Phi) is 13.9. The second-order valence-corrected chi connectivity index (χ2v) is 5.35. The molecule has 1 amide bonds. The second-order valence-electron chi connectivity index (χ2n) is 5.35. The topological polar surface area (TPSA) is 74.8 Å². The van der Waals surface area contributed by atoms with Gasteiger partial charge in [0.1, 0.15) is 5.75 Å². The van der Waals surface area contributed by atoms with Crippen molar-refractivity contribution in [3.63, 3.8) is 0 Å². The number of halogens is 1.